The molecular weight excluding hydrogens is 358 g/mol. The Balaban J connectivity index is 1.52. The van der Waals surface area contributed by atoms with Gasteiger partial charge in [0.15, 0.2) is 5.82 Å². The largest absolute Gasteiger partial charge is 0.480 e. The molecular formula is C18H20ClN3O4. The number of aryl methyl sites for hydroxylation is 1. The van der Waals surface area contributed by atoms with Crippen LogP contribution in [0.3, 0.4) is 0 Å². The fourth-order valence-electron chi connectivity index (χ4n) is 2.63. The first-order chi connectivity index (χ1) is 12.5. The predicted molar refractivity (Wildman–Crippen MR) is 93.7 cm³/mol. The van der Waals surface area contributed by atoms with E-state index in [9.17, 15) is 9.59 Å². The van der Waals surface area contributed by atoms with E-state index < -0.39 is 5.97 Å². The second-order valence-corrected chi connectivity index (χ2v) is 6.88. The zero-order valence-electron chi connectivity index (χ0n) is 14.2. The molecule has 0 saturated heterocycles. The number of nitrogens with zero attached hydrogens (tertiary/aromatic N) is 3. The van der Waals surface area contributed by atoms with Gasteiger partial charge in [0.25, 0.3) is 0 Å². The molecule has 8 heteroatoms. The number of carboxylic acid groups (broad SMARTS) is 1. The molecule has 1 N–H and O–H groups in total. The van der Waals surface area contributed by atoms with Gasteiger partial charge in [-0.1, -0.05) is 28.9 Å². The molecule has 1 saturated carbocycles. The van der Waals surface area contributed by atoms with Crippen molar-refractivity contribution < 1.29 is 19.2 Å². The van der Waals surface area contributed by atoms with Crippen LogP contribution in [0.25, 0.3) is 0 Å². The Kier molecular flexibility index (Phi) is 5.88. The maximum atomic E-state index is 12.4. The molecule has 1 fully saturated rings. The van der Waals surface area contributed by atoms with Crippen LogP contribution in [0.15, 0.2) is 28.8 Å². The first kappa shape index (κ1) is 18.4. The number of hydrogen-bond acceptors (Lipinski definition) is 5. The molecule has 26 heavy (non-hydrogen) atoms. The summed E-state index contributed by atoms with van der Waals surface area (Å²) in [6.07, 6.45) is 3.47. The van der Waals surface area contributed by atoms with Gasteiger partial charge in [0.2, 0.25) is 11.8 Å². The first-order valence-electron chi connectivity index (χ1n) is 8.58. The molecule has 0 bridgehead atoms. The number of halogens is 1. The van der Waals surface area contributed by atoms with E-state index in [0.29, 0.717) is 29.7 Å². The highest BCUT2D eigenvalue weighted by Crippen LogP contribution is 2.38. The monoisotopic (exact) mass is 377 g/mol. The highest BCUT2D eigenvalue weighted by molar-refractivity contribution is 6.30. The second kappa shape index (κ2) is 8.31. The Morgan fingerprint density at radius 3 is 2.65 bits per heavy atom. The summed E-state index contributed by atoms with van der Waals surface area (Å²) >= 11 is 5.85. The Morgan fingerprint density at radius 1 is 1.27 bits per heavy atom. The Labute approximate surface area is 155 Å². The van der Waals surface area contributed by atoms with Gasteiger partial charge < -0.3 is 14.5 Å². The van der Waals surface area contributed by atoms with Gasteiger partial charge in [0.1, 0.15) is 6.54 Å². The van der Waals surface area contributed by atoms with Gasteiger partial charge in [-0.2, -0.15) is 4.98 Å². The van der Waals surface area contributed by atoms with E-state index in [0.717, 1.165) is 24.2 Å². The zero-order chi connectivity index (χ0) is 18.5. The first-order valence-corrected chi connectivity index (χ1v) is 8.95. The van der Waals surface area contributed by atoms with E-state index in [1.807, 2.05) is 0 Å². The topological polar surface area (TPSA) is 96.5 Å². The lowest BCUT2D eigenvalue weighted by molar-refractivity contribution is -0.145. The van der Waals surface area contributed by atoms with Crippen LogP contribution < -0.4 is 0 Å². The van der Waals surface area contributed by atoms with E-state index >= 15 is 0 Å². The van der Waals surface area contributed by atoms with Gasteiger partial charge in [0, 0.05) is 30.3 Å². The minimum absolute atomic E-state index is 0.218. The smallest absolute Gasteiger partial charge is 0.323 e. The van der Waals surface area contributed by atoms with Crippen LogP contribution in [-0.4, -0.2) is 38.6 Å². The minimum atomic E-state index is -1.04. The molecule has 3 rings (SSSR count). The number of carboxylic acids is 1. The highest BCUT2D eigenvalue weighted by atomic mass is 35.5. The van der Waals surface area contributed by atoms with Crippen molar-refractivity contribution in [3.63, 3.8) is 0 Å². The van der Waals surface area contributed by atoms with Crippen molar-refractivity contribution in [3.05, 3.63) is 46.6 Å². The molecule has 0 spiro atoms. The van der Waals surface area contributed by atoms with Crippen molar-refractivity contribution in [2.24, 2.45) is 0 Å². The van der Waals surface area contributed by atoms with Gasteiger partial charge in [-0.05, 0) is 37.0 Å². The molecule has 0 aliphatic heterocycles. The average molecular weight is 378 g/mol. The predicted octanol–water partition coefficient (Wildman–Crippen LogP) is 3.04. The van der Waals surface area contributed by atoms with E-state index in [2.05, 4.69) is 10.1 Å². The number of benzene rings is 1. The van der Waals surface area contributed by atoms with Gasteiger partial charge in [-0.3, -0.25) is 9.59 Å². The number of amides is 1. The number of aromatic nitrogens is 2. The number of carbonyl (C=O) groups is 2. The van der Waals surface area contributed by atoms with Crippen molar-refractivity contribution in [1.82, 2.24) is 15.0 Å². The Bertz CT molecular complexity index is 771. The Morgan fingerprint density at radius 2 is 2.00 bits per heavy atom. The van der Waals surface area contributed by atoms with Crippen molar-refractivity contribution in [2.75, 3.05) is 6.54 Å². The standard InChI is InChI=1S/C18H20ClN3O4/c19-14-8-4-12(5-9-14)10-22(11-17(24)25)16(23)3-1-2-15-20-18(21-26-15)13-6-7-13/h4-5,8-9,13H,1-3,6-7,10-11H2,(H,24,25). The molecule has 1 aromatic carbocycles. The average Bonchev–Trinajstić information content (AvgIpc) is 3.35. The van der Waals surface area contributed by atoms with Crippen molar-refractivity contribution in [1.29, 1.82) is 0 Å². The maximum Gasteiger partial charge on any atom is 0.323 e. The second-order valence-electron chi connectivity index (χ2n) is 6.44. The van der Waals surface area contributed by atoms with Gasteiger partial charge in [0.05, 0.1) is 0 Å². The summed E-state index contributed by atoms with van der Waals surface area (Å²) in [7, 11) is 0. The lowest BCUT2D eigenvalue weighted by atomic mass is 10.1. The third-order valence-corrected chi connectivity index (χ3v) is 4.43. The molecule has 0 unspecified atom stereocenters. The molecule has 1 aliphatic carbocycles. The highest BCUT2D eigenvalue weighted by Gasteiger charge is 2.28. The quantitative estimate of drug-likeness (QED) is 0.721. The Hall–Kier alpha value is -2.41. The fraction of sp³-hybridized carbons (Fsp3) is 0.444. The molecule has 1 aromatic heterocycles. The SMILES string of the molecule is O=C(O)CN(Cc1ccc(Cl)cc1)C(=O)CCCc1nc(C2CC2)no1. The van der Waals surface area contributed by atoms with Crippen molar-refractivity contribution >= 4 is 23.5 Å². The van der Waals surface area contributed by atoms with Crippen LogP contribution in [0.1, 0.15) is 48.9 Å². The molecule has 0 atom stereocenters. The normalized spacial score (nSPS) is 13.6. The van der Waals surface area contributed by atoms with Crippen molar-refractivity contribution in [2.45, 2.75) is 44.6 Å². The maximum absolute atomic E-state index is 12.4. The summed E-state index contributed by atoms with van der Waals surface area (Å²) in [6.45, 7) is -0.109. The number of aliphatic carboxylic acids is 1. The van der Waals surface area contributed by atoms with E-state index in [4.69, 9.17) is 21.2 Å². The van der Waals surface area contributed by atoms with Crippen LogP contribution in [-0.2, 0) is 22.6 Å². The fourth-order valence-corrected chi connectivity index (χ4v) is 2.76. The summed E-state index contributed by atoms with van der Waals surface area (Å²) in [5.41, 5.74) is 0.829. The van der Waals surface area contributed by atoms with Crippen LogP contribution >= 0.6 is 11.6 Å². The number of rotatable bonds is 9. The molecule has 2 aromatic rings. The zero-order valence-corrected chi connectivity index (χ0v) is 15.0. The lowest BCUT2D eigenvalue weighted by Gasteiger charge is -2.21. The summed E-state index contributed by atoms with van der Waals surface area (Å²) in [5.74, 6) is 0.450. The summed E-state index contributed by atoms with van der Waals surface area (Å²) in [4.78, 5) is 29.2. The van der Waals surface area contributed by atoms with Gasteiger partial charge in [-0.25, -0.2) is 0 Å². The van der Waals surface area contributed by atoms with Crippen LogP contribution in [0.5, 0.6) is 0 Å². The lowest BCUT2D eigenvalue weighted by Crippen LogP contribution is -2.35. The molecule has 1 amide bonds. The van der Waals surface area contributed by atoms with Crippen LogP contribution in [0.2, 0.25) is 5.02 Å². The summed E-state index contributed by atoms with van der Waals surface area (Å²) in [5, 5.41) is 13.6. The number of carbonyl (C=O) groups excluding carboxylic acids is 1. The summed E-state index contributed by atoms with van der Waals surface area (Å²) < 4.78 is 5.19. The van der Waals surface area contributed by atoms with E-state index in [1.165, 1.54) is 4.90 Å². The molecule has 138 valence electrons. The van der Waals surface area contributed by atoms with Crippen LogP contribution in [0, 0.1) is 0 Å². The third kappa shape index (κ3) is 5.29. The number of hydrogen-bond donors (Lipinski definition) is 1. The molecule has 1 aliphatic rings. The van der Waals surface area contributed by atoms with Crippen LogP contribution in [0.4, 0.5) is 0 Å². The molecule has 1 heterocycles. The van der Waals surface area contributed by atoms with E-state index in [-0.39, 0.29) is 25.4 Å². The summed E-state index contributed by atoms with van der Waals surface area (Å²) in [6, 6.07) is 6.99. The van der Waals surface area contributed by atoms with Gasteiger partial charge in [-0.15, -0.1) is 0 Å². The minimum Gasteiger partial charge on any atom is -0.480 e. The van der Waals surface area contributed by atoms with Gasteiger partial charge >= 0.3 is 5.97 Å². The van der Waals surface area contributed by atoms with E-state index in [1.54, 1.807) is 24.3 Å². The van der Waals surface area contributed by atoms with Crippen molar-refractivity contribution in [3.8, 4) is 0 Å². The third-order valence-electron chi connectivity index (χ3n) is 4.17. The molecule has 7 nitrogen and oxygen atoms in total. The molecule has 0 radical (unpaired) electrons.